The minimum Gasteiger partial charge on any atom is -0.463 e. The number of hydrogen-bond acceptors (Lipinski definition) is 14. The quantitative estimate of drug-likeness (QED) is 0.0388. The molecule has 0 aromatic rings. The number of esters is 1. The van der Waals surface area contributed by atoms with E-state index in [1.54, 1.807) is 0 Å². The molecule has 0 bridgehead atoms. The highest BCUT2D eigenvalue weighted by Crippen LogP contribution is 1.88. The summed E-state index contributed by atoms with van der Waals surface area (Å²) in [5.41, 5.74) is 0. The molecule has 14 nitrogen and oxygen atoms in total. The molecule has 0 rings (SSSR count). The molecule has 0 atom stereocenters. The second-order valence-corrected chi connectivity index (χ2v) is 9.46. The van der Waals surface area contributed by atoms with E-state index in [9.17, 15) is 4.79 Å². The Morgan fingerprint density at radius 2 is 0.488 bits per heavy atom. The van der Waals surface area contributed by atoms with Gasteiger partial charge in [0, 0.05) is 11.4 Å². The summed E-state index contributed by atoms with van der Waals surface area (Å²) in [5, 5.41) is 0. The smallest absolute Gasteiger partial charge is 0.302 e. The van der Waals surface area contributed by atoms with Gasteiger partial charge in [-0.3, -0.25) is 4.79 Å². The topological polar surface area (TPSA) is 137 Å². The Morgan fingerprint density at radius 3 is 0.651 bits per heavy atom. The first-order valence-electron chi connectivity index (χ1n) is 14.9. The maximum atomic E-state index is 10.6. The third kappa shape index (κ3) is 41.7. The zero-order valence-electron chi connectivity index (χ0n) is 26.0. The zero-order chi connectivity index (χ0) is 31.2. The summed E-state index contributed by atoms with van der Waals surface area (Å²) in [6.45, 7) is 14.1. The van der Waals surface area contributed by atoms with Gasteiger partial charge in [0.25, 0.3) is 0 Å². The lowest BCUT2D eigenvalue weighted by atomic mass is 10.6. The summed E-state index contributed by atoms with van der Waals surface area (Å²) in [4.78, 5) is 10.6. The lowest BCUT2D eigenvalue weighted by Crippen LogP contribution is -2.15. The number of hydrogen-bond donors (Lipinski definition) is 0. The van der Waals surface area contributed by atoms with Crippen molar-refractivity contribution in [2.75, 3.05) is 170 Å². The molecule has 0 aliphatic carbocycles. The number of carbonyl (C=O) groups is 1. The summed E-state index contributed by atoms with van der Waals surface area (Å²) < 4.78 is 70.7. The molecule has 0 saturated heterocycles. The van der Waals surface area contributed by atoms with Crippen LogP contribution in [-0.2, 0) is 66.4 Å². The molecule has 43 heavy (non-hydrogen) atoms. The van der Waals surface area contributed by atoms with E-state index in [1.807, 2.05) is 0 Å². The summed E-state index contributed by atoms with van der Waals surface area (Å²) in [7, 11) is 0. The highest BCUT2D eigenvalue weighted by molar-refractivity contribution is 14.1. The number of carbonyl (C=O) groups excluding carboxylic acids is 1. The van der Waals surface area contributed by atoms with Crippen LogP contribution in [0.5, 0.6) is 0 Å². The lowest BCUT2D eigenvalue weighted by molar-refractivity contribution is -0.142. The van der Waals surface area contributed by atoms with Crippen molar-refractivity contribution in [2.24, 2.45) is 0 Å². The van der Waals surface area contributed by atoms with E-state index in [4.69, 9.17) is 61.6 Å². The van der Waals surface area contributed by atoms with Gasteiger partial charge in [-0.25, -0.2) is 0 Å². The van der Waals surface area contributed by atoms with Crippen molar-refractivity contribution in [3.8, 4) is 0 Å². The van der Waals surface area contributed by atoms with Gasteiger partial charge in [-0.1, -0.05) is 22.6 Å². The van der Waals surface area contributed by atoms with Crippen LogP contribution in [0.1, 0.15) is 6.92 Å². The predicted molar refractivity (Wildman–Crippen MR) is 165 cm³/mol. The molecule has 0 unspecified atom stereocenters. The SMILES string of the molecule is CC(=O)OCCOCCOCCOCCOCCOCCOCCOCCOCCOCCOCCOCCOCCI. The molecule has 0 fully saturated rings. The third-order valence-electron chi connectivity index (χ3n) is 4.85. The Morgan fingerprint density at radius 1 is 0.326 bits per heavy atom. The van der Waals surface area contributed by atoms with E-state index in [0.29, 0.717) is 152 Å². The molecular weight excluding hydrogens is 687 g/mol. The number of halogens is 1. The van der Waals surface area contributed by atoms with Gasteiger partial charge in [0.05, 0.1) is 159 Å². The molecule has 0 aromatic carbocycles. The fraction of sp³-hybridized carbons (Fsp3) is 0.964. The fourth-order valence-corrected chi connectivity index (χ4v) is 3.13. The molecule has 0 heterocycles. The lowest BCUT2D eigenvalue weighted by Gasteiger charge is -2.09. The predicted octanol–water partition coefficient (Wildman–Crippen LogP) is 1.18. The standard InChI is InChI=1S/C28H55IO14/c1-28(30)43-27-26-42-25-24-41-23-22-40-21-20-39-19-18-38-17-16-37-15-14-36-13-12-35-11-10-34-9-8-33-7-6-32-5-4-31-3-2-29/h2-27H2,1H3. The van der Waals surface area contributed by atoms with Crippen molar-refractivity contribution >= 4 is 28.6 Å². The van der Waals surface area contributed by atoms with Gasteiger partial charge in [-0.05, 0) is 0 Å². The highest BCUT2D eigenvalue weighted by Gasteiger charge is 1.97. The zero-order valence-corrected chi connectivity index (χ0v) is 28.1. The second kappa shape index (κ2) is 39.7. The van der Waals surface area contributed by atoms with E-state index in [1.165, 1.54) is 6.92 Å². The Labute approximate surface area is 270 Å². The van der Waals surface area contributed by atoms with Crippen molar-refractivity contribution in [3.05, 3.63) is 0 Å². The molecule has 0 radical (unpaired) electrons. The van der Waals surface area contributed by atoms with Gasteiger partial charge in [0.2, 0.25) is 0 Å². The van der Waals surface area contributed by atoms with Crippen molar-refractivity contribution in [1.82, 2.24) is 0 Å². The summed E-state index contributed by atoms with van der Waals surface area (Å²) >= 11 is 2.27. The monoisotopic (exact) mass is 742 g/mol. The van der Waals surface area contributed by atoms with Gasteiger partial charge >= 0.3 is 5.97 Å². The first-order chi connectivity index (χ1) is 21.3. The first-order valence-corrected chi connectivity index (χ1v) is 16.4. The van der Waals surface area contributed by atoms with E-state index in [-0.39, 0.29) is 12.6 Å². The summed E-state index contributed by atoms with van der Waals surface area (Å²) in [6.07, 6.45) is 0. The van der Waals surface area contributed by atoms with Crippen molar-refractivity contribution < 1.29 is 66.4 Å². The molecule has 0 N–H and O–H groups in total. The van der Waals surface area contributed by atoms with E-state index in [2.05, 4.69) is 22.6 Å². The second-order valence-electron chi connectivity index (χ2n) is 8.38. The number of rotatable bonds is 38. The fourth-order valence-electron chi connectivity index (χ4n) is 2.82. The van der Waals surface area contributed by atoms with Crippen LogP contribution >= 0.6 is 22.6 Å². The molecule has 258 valence electrons. The normalized spacial score (nSPS) is 11.4. The van der Waals surface area contributed by atoms with Gasteiger partial charge < -0.3 is 61.6 Å². The molecule has 0 aliphatic rings. The Bertz CT molecular complexity index is 536. The first kappa shape index (κ1) is 42.7. The molecule has 0 saturated carbocycles. The molecule has 0 amide bonds. The van der Waals surface area contributed by atoms with Crippen LogP contribution in [-0.4, -0.2) is 176 Å². The summed E-state index contributed by atoms with van der Waals surface area (Å²) in [5.74, 6) is -0.311. The van der Waals surface area contributed by atoms with E-state index >= 15 is 0 Å². The minimum atomic E-state index is -0.311. The van der Waals surface area contributed by atoms with Gasteiger partial charge in [-0.2, -0.15) is 0 Å². The van der Waals surface area contributed by atoms with Crippen molar-refractivity contribution in [3.63, 3.8) is 0 Å². The molecule has 0 spiro atoms. The van der Waals surface area contributed by atoms with Crippen LogP contribution in [0.15, 0.2) is 0 Å². The van der Waals surface area contributed by atoms with Crippen molar-refractivity contribution in [2.45, 2.75) is 6.92 Å². The van der Waals surface area contributed by atoms with Crippen molar-refractivity contribution in [1.29, 1.82) is 0 Å². The average Bonchev–Trinajstić information content (AvgIpc) is 3.00. The molecule has 15 heteroatoms. The van der Waals surface area contributed by atoms with Crippen LogP contribution in [0.4, 0.5) is 0 Å². The van der Waals surface area contributed by atoms with Crippen LogP contribution in [0.3, 0.4) is 0 Å². The maximum absolute atomic E-state index is 10.6. The minimum absolute atomic E-state index is 0.258. The molecule has 0 aromatic heterocycles. The van der Waals surface area contributed by atoms with E-state index < -0.39 is 0 Å². The third-order valence-corrected chi connectivity index (χ3v) is 5.29. The molecule has 0 aliphatic heterocycles. The summed E-state index contributed by atoms with van der Waals surface area (Å²) in [6, 6.07) is 0. The largest absolute Gasteiger partial charge is 0.463 e. The highest BCUT2D eigenvalue weighted by atomic mass is 127. The van der Waals surface area contributed by atoms with Crippen LogP contribution in [0.25, 0.3) is 0 Å². The Kier molecular flexibility index (Phi) is 39.5. The van der Waals surface area contributed by atoms with Gasteiger partial charge in [0.1, 0.15) is 6.61 Å². The van der Waals surface area contributed by atoms with Crippen LogP contribution < -0.4 is 0 Å². The van der Waals surface area contributed by atoms with Crippen LogP contribution in [0.2, 0.25) is 0 Å². The number of alkyl halides is 1. The van der Waals surface area contributed by atoms with E-state index in [0.717, 1.165) is 11.0 Å². The average molecular weight is 743 g/mol. The Hall–Kier alpha value is -0.280. The Balaban J connectivity index is 3.03. The molecular formula is C28H55IO14. The van der Waals surface area contributed by atoms with Gasteiger partial charge in [-0.15, -0.1) is 0 Å². The maximum Gasteiger partial charge on any atom is 0.302 e. The van der Waals surface area contributed by atoms with Crippen LogP contribution in [0, 0.1) is 0 Å². The number of ether oxygens (including phenoxy) is 13. The van der Waals surface area contributed by atoms with Gasteiger partial charge in [0.15, 0.2) is 0 Å².